The highest BCUT2D eigenvalue weighted by molar-refractivity contribution is 5.79. The van der Waals surface area contributed by atoms with Crippen LogP contribution in [0.1, 0.15) is 41.5 Å². The summed E-state index contributed by atoms with van der Waals surface area (Å²) in [5.74, 6) is 0. The lowest BCUT2D eigenvalue weighted by Crippen LogP contribution is -2.24. The first-order valence-electron chi connectivity index (χ1n) is 9.72. The van der Waals surface area contributed by atoms with E-state index in [1.165, 1.54) is 80.5 Å². The fraction of sp³-hybridized carbons (Fsp3) is 0.391. The largest absolute Gasteiger partial charge is 0.235 e. The van der Waals surface area contributed by atoms with Crippen molar-refractivity contribution in [1.82, 2.24) is 0 Å². The quantitative estimate of drug-likeness (QED) is 0.564. The molecule has 0 N–H and O–H groups in total. The summed E-state index contributed by atoms with van der Waals surface area (Å²) in [6.07, 6.45) is 11.0. The van der Waals surface area contributed by atoms with E-state index >= 15 is 0 Å². The van der Waals surface area contributed by atoms with Crippen LogP contribution in [-0.2, 0) is 12.8 Å². The molecule has 0 bridgehead atoms. The molecule has 2 nitrogen and oxygen atoms in total. The summed E-state index contributed by atoms with van der Waals surface area (Å²) < 4.78 is 5.01. The van der Waals surface area contributed by atoms with Crippen LogP contribution < -0.4 is 0 Å². The summed E-state index contributed by atoms with van der Waals surface area (Å²) in [6, 6.07) is 17.6. The van der Waals surface area contributed by atoms with E-state index in [2.05, 4.69) is 70.1 Å². The van der Waals surface area contributed by atoms with Gasteiger partial charge in [0.2, 0.25) is 0 Å². The molecule has 0 fully saturated rings. The maximum Gasteiger partial charge on any atom is 0.170 e. The summed E-state index contributed by atoms with van der Waals surface area (Å²) in [5, 5.41) is 0. The Morgan fingerprint density at radius 3 is 1.60 bits per heavy atom. The van der Waals surface area contributed by atoms with E-state index in [9.17, 15) is 0 Å². The van der Waals surface area contributed by atoms with Gasteiger partial charge in [-0.25, -0.2) is 9.15 Å². The minimum absolute atomic E-state index is 1.17. The van der Waals surface area contributed by atoms with Crippen LogP contribution >= 0.6 is 0 Å². The van der Waals surface area contributed by atoms with E-state index in [4.69, 9.17) is 0 Å². The van der Waals surface area contributed by atoms with Crippen LogP contribution in [0.3, 0.4) is 0 Å². The van der Waals surface area contributed by atoms with Crippen molar-refractivity contribution in [2.24, 2.45) is 0 Å². The van der Waals surface area contributed by atoms with Gasteiger partial charge in [0.15, 0.2) is 12.4 Å². The Hall–Kier alpha value is -2.22. The molecule has 0 aliphatic carbocycles. The maximum atomic E-state index is 2.51. The number of benzene rings is 2. The van der Waals surface area contributed by atoms with Crippen LogP contribution in [0.15, 0.2) is 48.5 Å². The number of rotatable bonds is 6. The van der Waals surface area contributed by atoms with Crippen LogP contribution in [0.25, 0.3) is 0 Å². The average molecular weight is 332 g/mol. The molecule has 2 heterocycles. The summed E-state index contributed by atoms with van der Waals surface area (Å²) >= 11 is 0. The molecule has 2 aromatic rings. The zero-order valence-electron chi connectivity index (χ0n) is 15.0. The predicted octanol–water partition coefficient (Wildman–Crippen LogP) is 3.53. The van der Waals surface area contributed by atoms with Gasteiger partial charge >= 0.3 is 0 Å². The summed E-state index contributed by atoms with van der Waals surface area (Å²) in [5.41, 5.74) is 5.82. The van der Waals surface area contributed by atoms with Gasteiger partial charge in [-0.1, -0.05) is 36.4 Å². The van der Waals surface area contributed by atoms with Crippen molar-refractivity contribution in [3.63, 3.8) is 0 Å². The van der Waals surface area contributed by atoms with Crippen molar-refractivity contribution in [3.05, 3.63) is 70.8 Å². The Morgan fingerprint density at radius 2 is 1.08 bits per heavy atom. The molecule has 2 aromatic carbocycles. The molecule has 25 heavy (non-hydrogen) atoms. The second-order valence-corrected chi connectivity index (χ2v) is 7.29. The zero-order chi connectivity index (χ0) is 16.9. The fourth-order valence-electron chi connectivity index (χ4n) is 3.99. The van der Waals surface area contributed by atoms with Gasteiger partial charge in [0.25, 0.3) is 0 Å². The van der Waals surface area contributed by atoms with Gasteiger partial charge in [0.05, 0.1) is 0 Å². The third-order valence-electron chi connectivity index (χ3n) is 5.48. The van der Waals surface area contributed by atoms with E-state index in [-0.39, 0.29) is 0 Å². The SMILES string of the molecule is C1=[N+](CCCCC[N+]2=Cc3ccccc3CC2)CCc2ccccc21. The highest BCUT2D eigenvalue weighted by Gasteiger charge is 2.16. The fourth-order valence-corrected chi connectivity index (χ4v) is 3.99. The highest BCUT2D eigenvalue weighted by atomic mass is 15.0. The second-order valence-electron chi connectivity index (χ2n) is 7.29. The lowest BCUT2D eigenvalue weighted by molar-refractivity contribution is -0.528. The van der Waals surface area contributed by atoms with Gasteiger partial charge in [-0.3, -0.25) is 0 Å². The van der Waals surface area contributed by atoms with Crippen LogP contribution in [0.4, 0.5) is 0 Å². The summed E-state index contributed by atoms with van der Waals surface area (Å²) in [7, 11) is 0. The molecular weight excluding hydrogens is 304 g/mol. The lowest BCUT2D eigenvalue weighted by Gasteiger charge is -2.13. The van der Waals surface area contributed by atoms with Crippen LogP contribution in [-0.4, -0.2) is 47.8 Å². The first-order chi connectivity index (χ1) is 12.4. The van der Waals surface area contributed by atoms with Gasteiger partial charge in [0, 0.05) is 36.8 Å². The standard InChI is InChI=1S/C23H28N2/c1(6-14-24-16-12-20-8-2-4-10-22(20)18-24)7-15-25-17-13-21-9-3-5-11-23(21)19-25/h2-5,8-11,18-19H,1,6-7,12-17H2/q+2. The van der Waals surface area contributed by atoms with E-state index in [0.717, 1.165) is 0 Å². The maximum absolute atomic E-state index is 2.51. The van der Waals surface area contributed by atoms with Crippen molar-refractivity contribution >= 4 is 12.4 Å². The monoisotopic (exact) mass is 332 g/mol. The lowest BCUT2D eigenvalue weighted by atomic mass is 10.0. The van der Waals surface area contributed by atoms with Crippen LogP contribution in [0.5, 0.6) is 0 Å². The molecule has 0 amide bonds. The van der Waals surface area contributed by atoms with E-state index in [1.54, 1.807) is 0 Å². The van der Waals surface area contributed by atoms with Crippen molar-refractivity contribution in [2.45, 2.75) is 32.1 Å². The van der Waals surface area contributed by atoms with Gasteiger partial charge in [-0.2, -0.15) is 0 Å². The first-order valence-corrected chi connectivity index (χ1v) is 9.72. The van der Waals surface area contributed by atoms with Gasteiger partial charge in [0.1, 0.15) is 26.2 Å². The molecule has 4 rings (SSSR count). The summed E-state index contributed by atoms with van der Waals surface area (Å²) in [4.78, 5) is 0. The first kappa shape index (κ1) is 16.3. The molecule has 0 atom stereocenters. The third kappa shape index (κ3) is 4.07. The molecular formula is C23H28N2+2. The summed E-state index contributed by atoms with van der Waals surface area (Å²) in [6.45, 7) is 4.74. The van der Waals surface area contributed by atoms with Gasteiger partial charge in [-0.05, 0) is 29.7 Å². The van der Waals surface area contributed by atoms with Crippen molar-refractivity contribution in [3.8, 4) is 0 Å². The van der Waals surface area contributed by atoms with Crippen LogP contribution in [0.2, 0.25) is 0 Å². The third-order valence-corrected chi connectivity index (χ3v) is 5.48. The minimum Gasteiger partial charge on any atom is -0.235 e. The highest BCUT2D eigenvalue weighted by Crippen LogP contribution is 2.13. The molecule has 0 aromatic heterocycles. The van der Waals surface area contributed by atoms with Crippen molar-refractivity contribution < 1.29 is 9.15 Å². The number of nitrogens with zero attached hydrogens (tertiary/aromatic N) is 2. The molecule has 2 aliphatic heterocycles. The number of hydrogen-bond donors (Lipinski definition) is 0. The minimum atomic E-state index is 1.17. The van der Waals surface area contributed by atoms with E-state index < -0.39 is 0 Å². The molecule has 0 unspecified atom stereocenters. The smallest absolute Gasteiger partial charge is 0.170 e. The molecule has 0 saturated heterocycles. The molecule has 0 radical (unpaired) electrons. The number of unbranched alkanes of at least 4 members (excludes halogenated alkanes) is 2. The Balaban J connectivity index is 1.22. The van der Waals surface area contributed by atoms with Crippen molar-refractivity contribution in [1.29, 1.82) is 0 Å². The van der Waals surface area contributed by atoms with Crippen molar-refractivity contribution in [2.75, 3.05) is 26.2 Å². The molecule has 128 valence electrons. The van der Waals surface area contributed by atoms with Gasteiger partial charge < -0.3 is 0 Å². The Morgan fingerprint density at radius 1 is 0.600 bits per heavy atom. The number of fused-ring (bicyclic) bond motifs is 2. The normalized spacial score (nSPS) is 15.8. The van der Waals surface area contributed by atoms with E-state index in [0.29, 0.717) is 0 Å². The van der Waals surface area contributed by atoms with E-state index in [1.807, 2.05) is 0 Å². The molecule has 2 aliphatic rings. The number of hydrogen-bond acceptors (Lipinski definition) is 0. The molecule has 0 saturated carbocycles. The Kier molecular flexibility index (Phi) is 5.06. The second kappa shape index (κ2) is 7.77. The van der Waals surface area contributed by atoms with Gasteiger partial charge in [-0.15, -0.1) is 0 Å². The molecule has 2 heteroatoms. The average Bonchev–Trinajstić information content (AvgIpc) is 2.67. The Labute approximate surface area is 151 Å². The Bertz CT molecular complexity index is 734. The van der Waals surface area contributed by atoms with Crippen LogP contribution in [0, 0.1) is 0 Å². The molecule has 0 spiro atoms. The topological polar surface area (TPSA) is 6.02 Å². The zero-order valence-corrected chi connectivity index (χ0v) is 15.0. The predicted molar refractivity (Wildman–Crippen MR) is 104 cm³/mol.